The van der Waals surface area contributed by atoms with E-state index in [1.807, 2.05) is 19.1 Å². The summed E-state index contributed by atoms with van der Waals surface area (Å²) >= 11 is 7.36. The van der Waals surface area contributed by atoms with Crippen LogP contribution in [0.5, 0.6) is 0 Å². The molecule has 1 heterocycles. The van der Waals surface area contributed by atoms with Gasteiger partial charge in [0.05, 0.1) is 31.6 Å². The number of aromatic nitrogens is 1. The third-order valence-corrected chi connectivity index (χ3v) is 4.09. The quantitative estimate of drug-likeness (QED) is 0.673. The van der Waals surface area contributed by atoms with Crippen LogP contribution < -0.4 is 11.1 Å². The summed E-state index contributed by atoms with van der Waals surface area (Å²) in [6.07, 6.45) is 0. The molecule has 0 fully saturated rings. The molecule has 3 rings (SSSR count). The molecule has 2 aromatic carbocycles. The summed E-state index contributed by atoms with van der Waals surface area (Å²) in [7, 11) is 0. The maximum atomic E-state index is 13.1. The lowest BCUT2D eigenvalue weighted by molar-refractivity contribution is 0.628. The van der Waals surface area contributed by atoms with Crippen molar-refractivity contribution in [3.63, 3.8) is 0 Å². The van der Waals surface area contributed by atoms with Crippen LogP contribution in [0.3, 0.4) is 0 Å². The Kier molecular flexibility index (Phi) is 3.23. The lowest BCUT2D eigenvalue weighted by Crippen LogP contribution is -1.96. The van der Waals surface area contributed by atoms with Crippen molar-refractivity contribution in [3.8, 4) is 0 Å². The second-order valence-electron chi connectivity index (χ2n) is 4.39. The first kappa shape index (κ1) is 13.1. The number of fused-ring (bicyclic) bond motifs is 1. The maximum absolute atomic E-state index is 13.1. The molecule has 0 saturated heterocycles. The summed E-state index contributed by atoms with van der Waals surface area (Å²) in [4.78, 5) is 4.43. The van der Waals surface area contributed by atoms with Crippen LogP contribution >= 0.6 is 22.9 Å². The molecule has 1 aromatic heterocycles. The molecular weight excluding hydrogens is 297 g/mol. The van der Waals surface area contributed by atoms with Crippen LogP contribution in [-0.2, 0) is 0 Å². The Morgan fingerprint density at radius 1 is 1.30 bits per heavy atom. The van der Waals surface area contributed by atoms with Crippen molar-refractivity contribution in [2.45, 2.75) is 6.92 Å². The third-order valence-electron chi connectivity index (χ3n) is 2.87. The molecular formula is C14H11ClFN3S. The van der Waals surface area contributed by atoms with Gasteiger partial charge >= 0.3 is 0 Å². The Bertz CT molecular complexity index is 800. The molecule has 102 valence electrons. The lowest BCUT2D eigenvalue weighted by Gasteiger charge is -2.10. The van der Waals surface area contributed by atoms with Crippen LogP contribution in [0.15, 0.2) is 30.3 Å². The van der Waals surface area contributed by atoms with Crippen molar-refractivity contribution in [1.82, 2.24) is 4.98 Å². The topological polar surface area (TPSA) is 50.9 Å². The zero-order chi connectivity index (χ0) is 14.3. The molecule has 0 amide bonds. The van der Waals surface area contributed by atoms with Crippen molar-refractivity contribution < 1.29 is 4.39 Å². The van der Waals surface area contributed by atoms with E-state index in [1.165, 1.54) is 12.1 Å². The first-order valence-electron chi connectivity index (χ1n) is 5.91. The number of rotatable bonds is 2. The predicted octanol–water partition coefficient (Wildman–Crippen LogP) is 4.72. The van der Waals surface area contributed by atoms with Crippen LogP contribution in [0, 0.1) is 12.7 Å². The van der Waals surface area contributed by atoms with Gasteiger partial charge in [0.25, 0.3) is 0 Å². The van der Waals surface area contributed by atoms with Gasteiger partial charge in [-0.05, 0) is 37.3 Å². The van der Waals surface area contributed by atoms with E-state index in [1.54, 1.807) is 17.4 Å². The van der Waals surface area contributed by atoms with Gasteiger partial charge in [0, 0.05) is 5.69 Å². The summed E-state index contributed by atoms with van der Waals surface area (Å²) in [5.41, 5.74) is 8.92. The van der Waals surface area contributed by atoms with Gasteiger partial charge in [-0.25, -0.2) is 9.37 Å². The van der Waals surface area contributed by atoms with E-state index in [2.05, 4.69) is 10.3 Å². The number of nitrogen functional groups attached to an aromatic ring is 1. The molecule has 0 saturated carbocycles. The number of aryl methyl sites for hydroxylation is 1. The summed E-state index contributed by atoms with van der Waals surface area (Å²) in [5.74, 6) is -0.448. The first-order valence-corrected chi connectivity index (χ1v) is 7.11. The van der Waals surface area contributed by atoms with E-state index in [0.29, 0.717) is 11.4 Å². The molecule has 0 spiro atoms. The van der Waals surface area contributed by atoms with Gasteiger partial charge in [0.2, 0.25) is 0 Å². The summed E-state index contributed by atoms with van der Waals surface area (Å²) in [5, 5.41) is 4.19. The van der Waals surface area contributed by atoms with E-state index < -0.39 is 5.82 Å². The fourth-order valence-electron chi connectivity index (χ4n) is 1.94. The number of nitrogens with one attached hydrogen (secondary N) is 1. The van der Waals surface area contributed by atoms with E-state index in [0.717, 1.165) is 20.9 Å². The average molecular weight is 308 g/mol. The van der Waals surface area contributed by atoms with Crippen molar-refractivity contribution in [2.24, 2.45) is 0 Å². The smallest absolute Gasteiger partial charge is 0.141 e. The van der Waals surface area contributed by atoms with Crippen molar-refractivity contribution in [3.05, 3.63) is 46.2 Å². The first-order chi connectivity index (χ1) is 9.52. The number of nitrogens with two attached hydrogens (primary N) is 1. The Morgan fingerprint density at radius 3 is 2.85 bits per heavy atom. The van der Waals surface area contributed by atoms with Crippen molar-refractivity contribution in [2.75, 3.05) is 11.1 Å². The van der Waals surface area contributed by atoms with Gasteiger partial charge in [0.15, 0.2) is 0 Å². The summed E-state index contributed by atoms with van der Waals surface area (Å²) in [6.45, 7) is 1.95. The Labute approximate surface area is 124 Å². The van der Waals surface area contributed by atoms with Crippen LogP contribution in [0.25, 0.3) is 10.2 Å². The van der Waals surface area contributed by atoms with Crippen molar-refractivity contribution in [1.29, 1.82) is 0 Å². The largest absolute Gasteiger partial charge is 0.397 e. The minimum absolute atomic E-state index is 0.0687. The molecule has 0 aliphatic heterocycles. The SMILES string of the molecule is Cc1nc2cc(Nc3ccc(F)c(Cl)c3)c(N)cc2s1. The van der Waals surface area contributed by atoms with Gasteiger partial charge in [0.1, 0.15) is 5.82 Å². The van der Waals surface area contributed by atoms with Gasteiger partial charge in [-0.15, -0.1) is 11.3 Å². The fraction of sp³-hybridized carbons (Fsp3) is 0.0714. The number of thiazole rings is 1. The molecule has 0 aliphatic rings. The monoisotopic (exact) mass is 307 g/mol. The van der Waals surface area contributed by atoms with Crippen LogP contribution in [-0.4, -0.2) is 4.98 Å². The average Bonchev–Trinajstić information content (AvgIpc) is 2.73. The van der Waals surface area contributed by atoms with E-state index in [4.69, 9.17) is 17.3 Å². The van der Waals surface area contributed by atoms with E-state index in [9.17, 15) is 4.39 Å². The van der Waals surface area contributed by atoms with Crippen LogP contribution in [0.2, 0.25) is 5.02 Å². The number of hydrogen-bond donors (Lipinski definition) is 2. The second kappa shape index (κ2) is 4.92. The molecule has 6 heteroatoms. The standard InChI is InChI=1S/C14H11ClFN3S/c1-7-18-13-6-12(11(17)5-14(13)20-7)19-8-2-3-10(16)9(15)4-8/h2-6,19H,17H2,1H3. The van der Waals surface area contributed by atoms with Crippen molar-refractivity contribution >= 4 is 50.2 Å². The molecule has 0 unspecified atom stereocenters. The van der Waals surface area contributed by atoms with E-state index >= 15 is 0 Å². The minimum Gasteiger partial charge on any atom is -0.397 e. The predicted molar refractivity (Wildman–Crippen MR) is 83.5 cm³/mol. The molecule has 3 nitrogen and oxygen atoms in total. The number of anilines is 3. The number of halogens is 2. The van der Waals surface area contributed by atoms with Gasteiger partial charge in [-0.1, -0.05) is 11.6 Å². The Hall–Kier alpha value is -1.85. The number of benzene rings is 2. The number of hydrogen-bond acceptors (Lipinski definition) is 4. The highest BCUT2D eigenvalue weighted by Gasteiger charge is 2.07. The molecule has 0 atom stereocenters. The maximum Gasteiger partial charge on any atom is 0.141 e. The highest BCUT2D eigenvalue weighted by atomic mass is 35.5. The molecule has 20 heavy (non-hydrogen) atoms. The van der Waals surface area contributed by atoms with Gasteiger partial charge in [-0.3, -0.25) is 0 Å². The zero-order valence-electron chi connectivity index (χ0n) is 10.6. The highest BCUT2D eigenvalue weighted by molar-refractivity contribution is 7.18. The summed E-state index contributed by atoms with van der Waals surface area (Å²) in [6, 6.07) is 8.20. The molecule has 0 bridgehead atoms. The van der Waals surface area contributed by atoms with E-state index in [-0.39, 0.29) is 5.02 Å². The fourth-order valence-corrected chi connectivity index (χ4v) is 2.98. The Balaban J connectivity index is 2.00. The molecule has 3 aromatic rings. The number of nitrogens with zero attached hydrogens (tertiary/aromatic N) is 1. The van der Waals surface area contributed by atoms with Crippen LogP contribution in [0.4, 0.5) is 21.5 Å². The second-order valence-corrected chi connectivity index (χ2v) is 6.04. The summed E-state index contributed by atoms with van der Waals surface area (Å²) < 4.78 is 14.2. The van der Waals surface area contributed by atoms with Gasteiger partial charge < -0.3 is 11.1 Å². The van der Waals surface area contributed by atoms with Gasteiger partial charge in [-0.2, -0.15) is 0 Å². The minimum atomic E-state index is -0.448. The molecule has 3 N–H and O–H groups in total. The third kappa shape index (κ3) is 2.42. The Morgan fingerprint density at radius 2 is 2.10 bits per heavy atom. The molecule has 0 aliphatic carbocycles. The lowest BCUT2D eigenvalue weighted by atomic mass is 10.2. The highest BCUT2D eigenvalue weighted by Crippen LogP contribution is 2.32. The normalized spacial score (nSPS) is 10.9. The molecule has 0 radical (unpaired) electrons. The zero-order valence-corrected chi connectivity index (χ0v) is 12.1. The van der Waals surface area contributed by atoms with Crippen LogP contribution in [0.1, 0.15) is 5.01 Å².